The highest BCUT2D eigenvalue weighted by atomic mass is 16.3. The smallest absolute Gasteiger partial charge is 0.293 e. The summed E-state index contributed by atoms with van der Waals surface area (Å²) in [6.07, 6.45) is 0.712. The van der Waals surface area contributed by atoms with E-state index in [1.807, 2.05) is 6.92 Å². The first-order chi connectivity index (χ1) is 6.69. The Balaban J connectivity index is 2.68. The standard InChI is InChI=1S/C8H14N4O2/c1-3-6-9-7(11-10-6)8(14)12(2)4-5-13/h13H,3-5H2,1-2H3,(H,9,10,11). The van der Waals surface area contributed by atoms with Gasteiger partial charge in [0.15, 0.2) is 0 Å². The Kier molecular flexibility index (Phi) is 3.58. The molecule has 0 unspecified atom stereocenters. The molecule has 0 aliphatic heterocycles. The first-order valence-corrected chi connectivity index (χ1v) is 4.46. The van der Waals surface area contributed by atoms with Crippen LogP contribution in [-0.2, 0) is 6.42 Å². The number of hydrogen-bond acceptors (Lipinski definition) is 4. The van der Waals surface area contributed by atoms with Crippen LogP contribution in [-0.4, -0.2) is 51.3 Å². The summed E-state index contributed by atoms with van der Waals surface area (Å²) in [6.45, 7) is 2.15. The maximum Gasteiger partial charge on any atom is 0.293 e. The number of likely N-dealkylation sites (N-methyl/N-ethyl adjacent to an activating group) is 1. The van der Waals surface area contributed by atoms with E-state index >= 15 is 0 Å². The predicted molar refractivity (Wildman–Crippen MR) is 49.8 cm³/mol. The van der Waals surface area contributed by atoms with Crippen LogP contribution in [0.1, 0.15) is 23.4 Å². The zero-order valence-corrected chi connectivity index (χ0v) is 8.32. The third-order valence-corrected chi connectivity index (χ3v) is 1.84. The first-order valence-electron chi connectivity index (χ1n) is 4.46. The fourth-order valence-corrected chi connectivity index (χ4v) is 0.971. The van der Waals surface area contributed by atoms with Crippen molar-refractivity contribution in [3.8, 4) is 0 Å². The third kappa shape index (κ3) is 2.29. The number of aliphatic hydroxyl groups excluding tert-OH is 1. The molecule has 1 aromatic heterocycles. The van der Waals surface area contributed by atoms with Crippen LogP contribution in [0.15, 0.2) is 0 Å². The number of amides is 1. The van der Waals surface area contributed by atoms with Gasteiger partial charge < -0.3 is 10.0 Å². The average molecular weight is 198 g/mol. The summed E-state index contributed by atoms with van der Waals surface area (Å²) in [5.74, 6) is 0.554. The molecule has 0 aliphatic carbocycles. The number of aromatic nitrogens is 3. The molecule has 2 N–H and O–H groups in total. The number of nitrogens with one attached hydrogen (secondary N) is 1. The summed E-state index contributed by atoms with van der Waals surface area (Å²) < 4.78 is 0. The van der Waals surface area contributed by atoms with Crippen LogP contribution in [0, 0.1) is 0 Å². The second kappa shape index (κ2) is 4.71. The van der Waals surface area contributed by atoms with Crippen LogP contribution >= 0.6 is 0 Å². The Bertz CT molecular complexity index is 310. The number of carbonyl (C=O) groups excluding carboxylic acids is 1. The minimum absolute atomic E-state index is 0.0622. The maximum atomic E-state index is 11.5. The van der Waals surface area contributed by atoms with Crippen molar-refractivity contribution >= 4 is 5.91 Å². The minimum atomic E-state index is -0.282. The molecule has 6 nitrogen and oxygen atoms in total. The third-order valence-electron chi connectivity index (χ3n) is 1.84. The van der Waals surface area contributed by atoms with Gasteiger partial charge in [0.1, 0.15) is 5.82 Å². The lowest BCUT2D eigenvalue weighted by atomic mass is 10.4. The highest BCUT2D eigenvalue weighted by Gasteiger charge is 2.15. The molecule has 0 aromatic carbocycles. The number of hydrogen-bond donors (Lipinski definition) is 2. The van der Waals surface area contributed by atoms with Gasteiger partial charge in [-0.3, -0.25) is 9.89 Å². The van der Waals surface area contributed by atoms with Gasteiger partial charge >= 0.3 is 0 Å². The molecule has 1 amide bonds. The molecule has 0 fully saturated rings. The van der Waals surface area contributed by atoms with Gasteiger partial charge in [-0.2, -0.15) is 0 Å². The molecule has 0 bridgehead atoms. The van der Waals surface area contributed by atoms with Crippen LogP contribution in [0.4, 0.5) is 0 Å². The van der Waals surface area contributed by atoms with Gasteiger partial charge in [0.2, 0.25) is 5.82 Å². The zero-order valence-electron chi connectivity index (χ0n) is 8.32. The number of rotatable bonds is 4. The van der Waals surface area contributed by atoms with Gasteiger partial charge in [0.05, 0.1) is 6.61 Å². The van der Waals surface area contributed by atoms with Gasteiger partial charge in [-0.15, -0.1) is 5.10 Å². The Morgan fingerprint density at radius 3 is 2.86 bits per heavy atom. The second-order valence-corrected chi connectivity index (χ2v) is 2.91. The monoisotopic (exact) mass is 198 g/mol. The van der Waals surface area contributed by atoms with E-state index in [2.05, 4.69) is 15.2 Å². The maximum absolute atomic E-state index is 11.5. The first kappa shape index (κ1) is 10.6. The topological polar surface area (TPSA) is 82.1 Å². The summed E-state index contributed by atoms with van der Waals surface area (Å²) >= 11 is 0. The molecule has 14 heavy (non-hydrogen) atoms. The van der Waals surface area contributed by atoms with Gasteiger partial charge in [0, 0.05) is 20.0 Å². The van der Waals surface area contributed by atoms with Crippen LogP contribution in [0.3, 0.4) is 0 Å². The van der Waals surface area contributed by atoms with Crippen molar-refractivity contribution in [1.29, 1.82) is 0 Å². The summed E-state index contributed by atoms with van der Waals surface area (Å²) in [5.41, 5.74) is 0. The van der Waals surface area contributed by atoms with E-state index in [0.29, 0.717) is 12.2 Å². The summed E-state index contributed by atoms with van der Waals surface area (Å²) in [4.78, 5) is 16.9. The van der Waals surface area contributed by atoms with E-state index in [1.165, 1.54) is 4.90 Å². The van der Waals surface area contributed by atoms with E-state index < -0.39 is 0 Å². The molecule has 0 radical (unpaired) electrons. The Morgan fingerprint density at radius 1 is 1.64 bits per heavy atom. The van der Waals surface area contributed by atoms with Crippen molar-refractivity contribution in [1.82, 2.24) is 20.1 Å². The molecule has 78 valence electrons. The normalized spacial score (nSPS) is 10.2. The van der Waals surface area contributed by atoms with Crippen LogP contribution in [0.2, 0.25) is 0 Å². The fraction of sp³-hybridized carbons (Fsp3) is 0.625. The van der Waals surface area contributed by atoms with Crippen LogP contribution in [0.25, 0.3) is 0 Å². The highest BCUT2D eigenvalue weighted by molar-refractivity contribution is 5.90. The number of aryl methyl sites for hydroxylation is 1. The second-order valence-electron chi connectivity index (χ2n) is 2.91. The molecular formula is C8H14N4O2. The number of nitrogens with zero attached hydrogens (tertiary/aromatic N) is 3. The number of aromatic amines is 1. The molecule has 1 heterocycles. The molecule has 1 rings (SSSR count). The Morgan fingerprint density at radius 2 is 2.36 bits per heavy atom. The van der Waals surface area contributed by atoms with Gasteiger partial charge in [-0.25, -0.2) is 4.98 Å². The van der Waals surface area contributed by atoms with E-state index in [-0.39, 0.29) is 24.9 Å². The Hall–Kier alpha value is -1.43. The quantitative estimate of drug-likeness (QED) is 0.679. The van der Waals surface area contributed by atoms with Gasteiger partial charge in [0.25, 0.3) is 5.91 Å². The largest absolute Gasteiger partial charge is 0.395 e. The van der Waals surface area contributed by atoms with Crippen molar-refractivity contribution < 1.29 is 9.90 Å². The van der Waals surface area contributed by atoms with Crippen molar-refractivity contribution in [2.75, 3.05) is 20.2 Å². The lowest BCUT2D eigenvalue weighted by Crippen LogP contribution is -2.30. The molecule has 1 aromatic rings. The van der Waals surface area contributed by atoms with Crippen molar-refractivity contribution in [3.63, 3.8) is 0 Å². The average Bonchev–Trinajstić information content (AvgIpc) is 2.65. The number of H-pyrrole nitrogens is 1. The fourth-order valence-electron chi connectivity index (χ4n) is 0.971. The molecule has 0 saturated carbocycles. The van der Waals surface area contributed by atoms with E-state index in [9.17, 15) is 4.79 Å². The van der Waals surface area contributed by atoms with Gasteiger partial charge in [-0.05, 0) is 0 Å². The van der Waals surface area contributed by atoms with Crippen molar-refractivity contribution in [2.24, 2.45) is 0 Å². The highest BCUT2D eigenvalue weighted by Crippen LogP contribution is 1.97. The van der Waals surface area contributed by atoms with E-state index in [0.717, 1.165) is 0 Å². The number of aliphatic hydroxyl groups is 1. The summed E-state index contributed by atoms with van der Waals surface area (Å²) in [6, 6.07) is 0. The van der Waals surface area contributed by atoms with E-state index in [4.69, 9.17) is 5.11 Å². The zero-order chi connectivity index (χ0) is 10.6. The van der Waals surface area contributed by atoms with Crippen LogP contribution in [0.5, 0.6) is 0 Å². The lowest BCUT2D eigenvalue weighted by Gasteiger charge is -2.12. The van der Waals surface area contributed by atoms with Crippen molar-refractivity contribution in [2.45, 2.75) is 13.3 Å². The van der Waals surface area contributed by atoms with E-state index in [1.54, 1.807) is 7.05 Å². The molecule has 0 saturated heterocycles. The molecule has 0 aliphatic rings. The van der Waals surface area contributed by atoms with Crippen molar-refractivity contribution in [3.05, 3.63) is 11.6 Å². The Labute approximate surface area is 82.0 Å². The molecule has 0 spiro atoms. The lowest BCUT2D eigenvalue weighted by molar-refractivity contribution is 0.0755. The van der Waals surface area contributed by atoms with Gasteiger partial charge in [-0.1, -0.05) is 6.92 Å². The molecular weight excluding hydrogens is 184 g/mol. The number of carbonyl (C=O) groups is 1. The van der Waals surface area contributed by atoms with Crippen LogP contribution < -0.4 is 0 Å². The SMILES string of the molecule is CCc1nc(C(=O)N(C)CCO)n[nH]1. The molecule has 6 heteroatoms. The predicted octanol–water partition coefficient (Wildman–Crippen LogP) is -0.569. The summed E-state index contributed by atoms with van der Waals surface area (Å²) in [5, 5.41) is 15.1. The minimum Gasteiger partial charge on any atom is -0.395 e. The molecule has 0 atom stereocenters. The summed E-state index contributed by atoms with van der Waals surface area (Å²) in [7, 11) is 1.60.